The van der Waals surface area contributed by atoms with Crippen molar-refractivity contribution in [2.24, 2.45) is 10.7 Å². The van der Waals surface area contributed by atoms with Crippen molar-refractivity contribution in [1.82, 2.24) is 15.0 Å². The van der Waals surface area contributed by atoms with Crippen molar-refractivity contribution in [2.75, 3.05) is 13.2 Å². The third kappa shape index (κ3) is 3.14. The number of hydrogen-bond donors (Lipinski definition) is 1. The number of amidine groups is 1. The number of aliphatic imine (C=N–C) groups is 1. The topological polar surface area (TPSA) is 95.5 Å². The van der Waals surface area contributed by atoms with Crippen LogP contribution in [0, 0.1) is 11.9 Å². The van der Waals surface area contributed by atoms with E-state index in [0.29, 0.717) is 64.5 Å². The normalized spacial score (nSPS) is 19.4. The minimum Gasteiger partial charge on any atom is -0.452 e. The van der Waals surface area contributed by atoms with Crippen molar-refractivity contribution < 1.29 is 18.3 Å². The van der Waals surface area contributed by atoms with Gasteiger partial charge in [0.05, 0.1) is 18.9 Å². The van der Waals surface area contributed by atoms with Gasteiger partial charge in [0, 0.05) is 46.4 Å². The first-order chi connectivity index (χ1) is 18.1. The highest BCUT2D eigenvalue weighted by molar-refractivity contribution is 6.03. The number of nitrogens with zero attached hydrogens (tertiary/aromatic N) is 4. The van der Waals surface area contributed by atoms with Gasteiger partial charge in [-0.25, -0.2) is 15.0 Å². The summed E-state index contributed by atoms with van der Waals surface area (Å²) < 4.78 is 41.9. The number of halogens is 2. The summed E-state index contributed by atoms with van der Waals surface area (Å²) in [6, 6.07) is 12.0. The molecule has 9 heteroatoms. The van der Waals surface area contributed by atoms with E-state index in [0.717, 1.165) is 5.57 Å². The second-order valence-corrected chi connectivity index (χ2v) is 9.03. The Labute approximate surface area is 210 Å². The minimum atomic E-state index is -1.28. The second-order valence-electron chi connectivity index (χ2n) is 9.03. The largest absolute Gasteiger partial charge is 0.452 e. The first-order valence-corrected chi connectivity index (χ1v) is 11.8. The summed E-state index contributed by atoms with van der Waals surface area (Å²) in [6.45, 7) is 0.925. The smallest absolute Gasteiger partial charge is 0.256 e. The van der Waals surface area contributed by atoms with Crippen molar-refractivity contribution in [2.45, 2.75) is 12.0 Å². The average Bonchev–Trinajstić information content (AvgIpc) is 3.23. The summed E-state index contributed by atoms with van der Waals surface area (Å²) in [4.78, 5) is 17.3. The summed E-state index contributed by atoms with van der Waals surface area (Å²) in [5, 5.41) is 0. The van der Waals surface area contributed by atoms with Gasteiger partial charge in [-0.2, -0.15) is 8.78 Å². The third-order valence-electron chi connectivity index (χ3n) is 6.99. The van der Waals surface area contributed by atoms with Crippen molar-refractivity contribution in [3.63, 3.8) is 0 Å². The number of pyridine rings is 3. The predicted molar refractivity (Wildman–Crippen MR) is 132 cm³/mol. The van der Waals surface area contributed by atoms with Gasteiger partial charge in [0.15, 0.2) is 5.75 Å². The predicted octanol–water partition coefficient (Wildman–Crippen LogP) is 4.74. The molecule has 7 rings (SSSR count). The van der Waals surface area contributed by atoms with Crippen LogP contribution in [-0.2, 0) is 10.3 Å². The fraction of sp³-hybridized carbons (Fsp3) is 0.143. The molecule has 2 N–H and O–H groups in total. The molecule has 0 fully saturated rings. The molecular formula is C28H19F2N5O2. The van der Waals surface area contributed by atoms with Crippen LogP contribution >= 0.6 is 0 Å². The van der Waals surface area contributed by atoms with E-state index in [9.17, 15) is 4.39 Å². The van der Waals surface area contributed by atoms with Crippen LogP contribution < -0.4 is 10.5 Å². The number of fused-ring (bicyclic) bond motifs is 6. The van der Waals surface area contributed by atoms with E-state index in [-0.39, 0.29) is 11.6 Å². The molecule has 1 aromatic carbocycles. The Hall–Kier alpha value is -4.50. The van der Waals surface area contributed by atoms with Gasteiger partial charge in [-0.15, -0.1) is 0 Å². The summed E-state index contributed by atoms with van der Waals surface area (Å²) in [7, 11) is 0. The maximum Gasteiger partial charge on any atom is 0.256 e. The number of rotatable bonds is 2. The Bertz CT molecular complexity index is 1670. The molecule has 0 amide bonds. The van der Waals surface area contributed by atoms with Crippen molar-refractivity contribution in [3.8, 4) is 22.6 Å². The molecular weight excluding hydrogens is 476 g/mol. The van der Waals surface area contributed by atoms with Crippen LogP contribution in [0.1, 0.15) is 34.4 Å². The lowest BCUT2D eigenvalue weighted by Crippen LogP contribution is -2.31. The van der Waals surface area contributed by atoms with Crippen LogP contribution in [-0.4, -0.2) is 34.0 Å². The van der Waals surface area contributed by atoms with Crippen molar-refractivity contribution >= 4 is 11.4 Å². The standard InChI is InChI=1S/C28H19F2N5O2/c29-25-17(4-1-8-33-25)15-5-6-23-19(11-15)28(21-13-32-9-7-18(21)27(31)35-28)20-12-22(16-3-2-10-36-14-16)34-26(30)24(20)37-23/h1,3-9,11-13H,2,10,14H2,(H2,31,35)/t28-/m0/s1. The Morgan fingerprint density at radius 2 is 1.86 bits per heavy atom. The van der Waals surface area contributed by atoms with E-state index in [1.165, 1.54) is 6.20 Å². The number of hydrogen-bond acceptors (Lipinski definition) is 7. The van der Waals surface area contributed by atoms with Crippen molar-refractivity contribution in [3.05, 3.63) is 107 Å². The molecule has 0 bridgehead atoms. The van der Waals surface area contributed by atoms with Crippen LogP contribution in [0.2, 0.25) is 0 Å². The van der Waals surface area contributed by atoms with Gasteiger partial charge >= 0.3 is 0 Å². The zero-order valence-corrected chi connectivity index (χ0v) is 19.4. The summed E-state index contributed by atoms with van der Waals surface area (Å²) in [6.07, 6.45) is 7.40. The van der Waals surface area contributed by atoms with E-state index in [1.807, 2.05) is 6.08 Å². The molecule has 0 radical (unpaired) electrons. The van der Waals surface area contributed by atoms with E-state index in [2.05, 4.69) is 15.0 Å². The van der Waals surface area contributed by atoms with Crippen LogP contribution in [0.4, 0.5) is 8.78 Å². The van der Waals surface area contributed by atoms with E-state index in [4.69, 9.17) is 20.2 Å². The van der Waals surface area contributed by atoms with Gasteiger partial charge < -0.3 is 15.2 Å². The number of nitrogens with two attached hydrogens (primary N) is 1. The molecule has 7 nitrogen and oxygen atoms in total. The molecule has 3 aromatic heterocycles. The van der Waals surface area contributed by atoms with Gasteiger partial charge in [0.2, 0.25) is 5.95 Å². The monoisotopic (exact) mass is 495 g/mol. The molecule has 0 saturated heterocycles. The molecule has 0 aliphatic carbocycles. The molecule has 37 heavy (non-hydrogen) atoms. The first kappa shape index (κ1) is 21.8. The third-order valence-corrected chi connectivity index (χ3v) is 6.99. The van der Waals surface area contributed by atoms with E-state index in [1.54, 1.807) is 54.9 Å². The van der Waals surface area contributed by atoms with Gasteiger partial charge in [-0.3, -0.25) is 4.98 Å². The molecule has 1 spiro atoms. The van der Waals surface area contributed by atoms with E-state index < -0.39 is 17.4 Å². The zero-order valence-electron chi connectivity index (χ0n) is 19.4. The first-order valence-electron chi connectivity index (χ1n) is 11.8. The molecule has 182 valence electrons. The Kier molecular flexibility index (Phi) is 4.71. The lowest BCUT2D eigenvalue weighted by atomic mass is 9.75. The highest BCUT2D eigenvalue weighted by Crippen LogP contribution is 2.56. The quantitative estimate of drug-likeness (QED) is 0.404. The molecule has 4 aromatic rings. The van der Waals surface area contributed by atoms with Crippen LogP contribution in [0.15, 0.2) is 72.1 Å². The van der Waals surface area contributed by atoms with Gasteiger partial charge in [0.1, 0.15) is 17.1 Å². The zero-order chi connectivity index (χ0) is 25.1. The molecule has 3 aliphatic rings. The minimum absolute atomic E-state index is 0.0397. The average molecular weight is 495 g/mol. The number of benzene rings is 1. The van der Waals surface area contributed by atoms with Crippen molar-refractivity contribution in [1.29, 1.82) is 0 Å². The van der Waals surface area contributed by atoms with Gasteiger partial charge in [0.25, 0.3) is 5.95 Å². The lowest BCUT2D eigenvalue weighted by molar-refractivity contribution is 0.164. The Morgan fingerprint density at radius 3 is 2.70 bits per heavy atom. The highest BCUT2D eigenvalue weighted by Gasteiger charge is 2.50. The maximum atomic E-state index is 15.6. The number of ether oxygens (including phenoxy) is 2. The SMILES string of the molecule is NC1=N[C@]2(c3cc(-c4cccnc4F)ccc3Oc3c2cc(C2=CCCOC2)nc3F)c2cnccc21. The fourth-order valence-corrected chi connectivity index (χ4v) is 5.31. The van der Waals surface area contributed by atoms with E-state index >= 15 is 4.39 Å². The molecule has 3 aliphatic heterocycles. The summed E-state index contributed by atoms with van der Waals surface area (Å²) in [5.41, 5.74) is 9.63. The van der Waals surface area contributed by atoms with Crippen LogP contribution in [0.25, 0.3) is 16.7 Å². The Balaban J connectivity index is 1.54. The summed E-state index contributed by atoms with van der Waals surface area (Å²) in [5.74, 6) is -0.762. The van der Waals surface area contributed by atoms with Gasteiger partial charge in [-0.1, -0.05) is 12.1 Å². The fourth-order valence-electron chi connectivity index (χ4n) is 5.31. The Morgan fingerprint density at radius 1 is 0.946 bits per heavy atom. The summed E-state index contributed by atoms with van der Waals surface area (Å²) >= 11 is 0. The second kappa shape index (κ2) is 8.01. The maximum absolute atomic E-state index is 15.6. The molecule has 1 atom stereocenters. The molecule has 0 saturated carbocycles. The lowest BCUT2D eigenvalue weighted by Gasteiger charge is -2.36. The number of aromatic nitrogens is 3. The molecule has 6 heterocycles. The van der Waals surface area contributed by atoms with Gasteiger partial charge in [-0.05, 0) is 54.0 Å². The highest BCUT2D eigenvalue weighted by atomic mass is 19.1. The van der Waals surface area contributed by atoms with Crippen LogP contribution in [0.3, 0.4) is 0 Å². The van der Waals surface area contributed by atoms with Crippen LogP contribution in [0.5, 0.6) is 11.5 Å². The molecule has 0 unspecified atom stereocenters.